The normalized spacial score (nSPS) is 25.0. The highest BCUT2D eigenvalue weighted by molar-refractivity contribution is 5.95. The molecule has 3 rings (SSSR count). The second kappa shape index (κ2) is 6.32. The van der Waals surface area contributed by atoms with Gasteiger partial charge in [0.05, 0.1) is 12.0 Å². The molecule has 2 aliphatic rings. The number of benzene rings is 1. The summed E-state index contributed by atoms with van der Waals surface area (Å²) in [4.78, 5) is 29.3. The van der Waals surface area contributed by atoms with E-state index in [2.05, 4.69) is 17.1 Å². The van der Waals surface area contributed by atoms with Crippen molar-refractivity contribution in [3.05, 3.63) is 34.9 Å². The van der Waals surface area contributed by atoms with E-state index in [-0.39, 0.29) is 23.8 Å². The van der Waals surface area contributed by atoms with Crippen LogP contribution in [0, 0.1) is 19.8 Å². The van der Waals surface area contributed by atoms with Gasteiger partial charge in [0.2, 0.25) is 5.91 Å². The third-order valence-corrected chi connectivity index (χ3v) is 5.04. The summed E-state index contributed by atoms with van der Waals surface area (Å²) >= 11 is 0. The molecule has 2 fully saturated rings. The van der Waals surface area contributed by atoms with Gasteiger partial charge >= 0.3 is 0 Å². The number of nitrogens with zero attached hydrogens (tertiary/aromatic N) is 2. The van der Waals surface area contributed by atoms with Crippen molar-refractivity contribution in [1.29, 1.82) is 0 Å². The molecule has 2 amide bonds. The van der Waals surface area contributed by atoms with Crippen molar-refractivity contribution in [3.8, 4) is 0 Å². The van der Waals surface area contributed by atoms with Crippen LogP contribution in [-0.2, 0) is 4.79 Å². The number of fused-ring (bicyclic) bond motifs is 3. The molecule has 0 spiro atoms. The van der Waals surface area contributed by atoms with Crippen molar-refractivity contribution in [2.24, 2.45) is 5.92 Å². The number of aryl methyl sites for hydroxylation is 2. The predicted octanol–water partition coefficient (Wildman–Crippen LogP) is 1.20. The van der Waals surface area contributed by atoms with E-state index in [1.54, 1.807) is 0 Å². The minimum atomic E-state index is -0.141. The zero-order valence-corrected chi connectivity index (χ0v) is 14.1. The summed E-state index contributed by atoms with van der Waals surface area (Å²) in [6.45, 7) is 9.76. The van der Waals surface area contributed by atoms with E-state index in [1.807, 2.05) is 36.9 Å². The zero-order chi connectivity index (χ0) is 16.6. The topological polar surface area (TPSA) is 52.7 Å². The molecule has 0 aromatic heterocycles. The van der Waals surface area contributed by atoms with Crippen molar-refractivity contribution < 1.29 is 9.59 Å². The number of rotatable bonds is 2. The van der Waals surface area contributed by atoms with Crippen LogP contribution >= 0.6 is 0 Å². The molecule has 1 aromatic carbocycles. The number of nitrogens with one attached hydrogen (secondary N) is 1. The minimum Gasteiger partial charge on any atom is -0.350 e. The number of hydrogen-bond acceptors (Lipinski definition) is 3. The molecule has 2 bridgehead atoms. The van der Waals surface area contributed by atoms with Crippen LogP contribution in [0.1, 0.15) is 28.4 Å². The van der Waals surface area contributed by atoms with Gasteiger partial charge in [0.25, 0.3) is 5.91 Å². The van der Waals surface area contributed by atoms with Gasteiger partial charge in [0.15, 0.2) is 0 Å². The van der Waals surface area contributed by atoms with E-state index in [1.165, 1.54) is 5.56 Å². The quantitative estimate of drug-likeness (QED) is 0.892. The molecule has 0 saturated carbocycles. The maximum atomic E-state index is 12.9. The molecule has 1 aromatic rings. The Labute approximate surface area is 137 Å². The van der Waals surface area contributed by atoms with Crippen LogP contribution in [0.5, 0.6) is 0 Å². The summed E-state index contributed by atoms with van der Waals surface area (Å²) in [5, 5.41) is 3.09. The van der Waals surface area contributed by atoms with Crippen LogP contribution in [0.2, 0.25) is 0 Å². The number of carbonyl (C=O) groups excluding carboxylic acids is 2. The van der Waals surface area contributed by atoms with E-state index in [4.69, 9.17) is 0 Å². The molecule has 0 radical (unpaired) electrons. The number of likely N-dealkylation sites (N-methyl/N-ethyl adjacent to an activating group) is 1. The summed E-state index contributed by atoms with van der Waals surface area (Å²) in [5.74, 6) is -0.0242. The SMILES string of the molecule is CCN1C[C@H]2CN(C(=O)c3ccc(C)c(C)c3)C[C@@H](C1)C(=O)N2. The summed E-state index contributed by atoms with van der Waals surface area (Å²) in [5.41, 5.74) is 3.02. The largest absolute Gasteiger partial charge is 0.350 e. The van der Waals surface area contributed by atoms with Gasteiger partial charge in [0, 0.05) is 31.7 Å². The third kappa shape index (κ3) is 3.24. The highest BCUT2D eigenvalue weighted by Gasteiger charge is 2.37. The second-order valence-electron chi connectivity index (χ2n) is 6.76. The summed E-state index contributed by atoms with van der Waals surface area (Å²) in [7, 11) is 0. The molecule has 2 saturated heterocycles. The lowest BCUT2D eigenvalue weighted by Gasteiger charge is -2.32. The van der Waals surface area contributed by atoms with E-state index in [0.29, 0.717) is 18.7 Å². The van der Waals surface area contributed by atoms with Crippen LogP contribution in [-0.4, -0.2) is 60.4 Å². The lowest BCUT2D eigenvalue weighted by Crippen LogP contribution is -2.49. The fourth-order valence-electron chi connectivity index (χ4n) is 3.48. The molecule has 0 aliphatic carbocycles. The molecular formula is C18H25N3O2. The fourth-order valence-corrected chi connectivity index (χ4v) is 3.48. The predicted molar refractivity (Wildman–Crippen MR) is 89.4 cm³/mol. The van der Waals surface area contributed by atoms with Gasteiger partial charge < -0.3 is 15.1 Å². The number of carbonyl (C=O) groups is 2. The minimum absolute atomic E-state index is 0.0189. The molecule has 5 heteroatoms. The van der Waals surface area contributed by atoms with Crippen LogP contribution < -0.4 is 5.32 Å². The molecule has 0 unspecified atom stereocenters. The van der Waals surface area contributed by atoms with Crippen molar-refractivity contribution in [1.82, 2.24) is 15.1 Å². The average Bonchev–Trinajstić information content (AvgIpc) is 2.75. The molecule has 2 atom stereocenters. The van der Waals surface area contributed by atoms with E-state index in [9.17, 15) is 9.59 Å². The molecule has 5 nitrogen and oxygen atoms in total. The average molecular weight is 315 g/mol. The summed E-state index contributed by atoms with van der Waals surface area (Å²) in [6, 6.07) is 5.85. The highest BCUT2D eigenvalue weighted by Crippen LogP contribution is 2.19. The summed E-state index contributed by atoms with van der Waals surface area (Å²) in [6.07, 6.45) is 0. The Balaban J connectivity index is 1.82. The first-order chi connectivity index (χ1) is 11.0. The fraction of sp³-hybridized carbons (Fsp3) is 0.556. The smallest absolute Gasteiger partial charge is 0.253 e. The van der Waals surface area contributed by atoms with Gasteiger partial charge in [-0.2, -0.15) is 0 Å². The number of hydrogen-bond donors (Lipinski definition) is 1. The lowest BCUT2D eigenvalue weighted by atomic mass is 10.0. The van der Waals surface area contributed by atoms with Gasteiger partial charge in [-0.05, 0) is 43.7 Å². The second-order valence-corrected chi connectivity index (χ2v) is 6.76. The van der Waals surface area contributed by atoms with Gasteiger partial charge in [-0.25, -0.2) is 0 Å². The summed E-state index contributed by atoms with van der Waals surface area (Å²) < 4.78 is 0. The Morgan fingerprint density at radius 2 is 1.96 bits per heavy atom. The van der Waals surface area contributed by atoms with E-state index < -0.39 is 0 Å². The lowest BCUT2D eigenvalue weighted by molar-refractivity contribution is -0.124. The monoisotopic (exact) mass is 315 g/mol. The van der Waals surface area contributed by atoms with E-state index >= 15 is 0 Å². The van der Waals surface area contributed by atoms with Crippen LogP contribution in [0.15, 0.2) is 18.2 Å². The zero-order valence-electron chi connectivity index (χ0n) is 14.1. The van der Waals surface area contributed by atoms with Crippen molar-refractivity contribution in [2.45, 2.75) is 26.8 Å². The molecule has 124 valence electrons. The van der Waals surface area contributed by atoms with Crippen LogP contribution in [0.3, 0.4) is 0 Å². The molecule has 23 heavy (non-hydrogen) atoms. The third-order valence-electron chi connectivity index (χ3n) is 5.04. The first-order valence-electron chi connectivity index (χ1n) is 8.37. The molecule has 1 N–H and O–H groups in total. The highest BCUT2D eigenvalue weighted by atomic mass is 16.2. The maximum Gasteiger partial charge on any atom is 0.253 e. The van der Waals surface area contributed by atoms with Crippen molar-refractivity contribution in [2.75, 3.05) is 32.7 Å². The number of amides is 2. The van der Waals surface area contributed by atoms with Gasteiger partial charge in [0.1, 0.15) is 0 Å². The Bertz CT molecular complexity index is 629. The Morgan fingerprint density at radius 1 is 1.17 bits per heavy atom. The Kier molecular flexibility index (Phi) is 4.39. The first-order valence-corrected chi connectivity index (χ1v) is 8.37. The molecular weight excluding hydrogens is 290 g/mol. The Morgan fingerprint density at radius 3 is 2.65 bits per heavy atom. The van der Waals surface area contributed by atoms with Gasteiger partial charge in [-0.1, -0.05) is 13.0 Å². The van der Waals surface area contributed by atoms with Crippen molar-refractivity contribution >= 4 is 11.8 Å². The maximum absolute atomic E-state index is 12.9. The van der Waals surface area contributed by atoms with E-state index in [0.717, 1.165) is 25.2 Å². The van der Waals surface area contributed by atoms with Crippen molar-refractivity contribution in [3.63, 3.8) is 0 Å². The van der Waals surface area contributed by atoms with Gasteiger partial charge in [-0.3, -0.25) is 9.59 Å². The van der Waals surface area contributed by atoms with Crippen LogP contribution in [0.25, 0.3) is 0 Å². The first kappa shape index (κ1) is 16.0. The molecule has 2 heterocycles. The molecule has 2 aliphatic heterocycles. The van der Waals surface area contributed by atoms with Crippen LogP contribution in [0.4, 0.5) is 0 Å². The standard InChI is InChI=1S/C18H25N3O2/c1-4-20-8-15-9-21(11-16(10-20)19-17(15)22)18(23)14-6-5-12(2)13(3)7-14/h5-7,15-16H,4,8-11H2,1-3H3,(H,19,22)/t15-,16+/m1/s1. The Hall–Kier alpha value is -1.88. The van der Waals surface area contributed by atoms with Gasteiger partial charge in [-0.15, -0.1) is 0 Å².